The van der Waals surface area contributed by atoms with E-state index in [9.17, 15) is 14.0 Å². The first kappa shape index (κ1) is 17.7. The number of Topliss-reactive ketones (excluding diaryl/α,β-unsaturated/α-hetero) is 1. The predicted molar refractivity (Wildman–Crippen MR) is 97.6 cm³/mol. The first-order valence-electron chi connectivity index (χ1n) is 8.31. The number of carbonyl (C=O) groups excluding carboxylic acids is 2. The summed E-state index contributed by atoms with van der Waals surface area (Å²) in [6.45, 7) is 1.10. The summed E-state index contributed by atoms with van der Waals surface area (Å²) in [5.74, 6) is -0.345. The molecule has 1 aliphatic heterocycles. The summed E-state index contributed by atoms with van der Waals surface area (Å²) >= 11 is 1.65. The smallest absolute Gasteiger partial charge is 0.253 e. The highest BCUT2D eigenvalue weighted by atomic mass is 32.2. The van der Waals surface area contributed by atoms with E-state index < -0.39 is 0 Å². The lowest BCUT2D eigenvalue weighted by Crippen LogP contribution is -2.40. The summed E-state index contributed by atoms with van der Waals surface area (Å²) in [5.41, 5.74) is 1.22. The van der Waals surface area contributed by atoms with Gasteiger partial charge in [0.2, 0.25) is 0 Å². The van der Waals surface area contributed by atoms with Gasteiger partial charge in [-0.1, -0.05) is 12.1 Å². The zero-order chi connectivity index (χ0) is 17.8. The van der Waals surface area contributed by atoms with Crippen LogP contribution in [0, 0.1) is 11.7 Å². The molecule has 5 heteroatoms. The van der Waals surface area contributed by atoms with Crippen LogP contribution in [-0.4, -0.2) is 35.9 Å². The predicted octanol–water partition coefficient (Wildman–Crippen LogP) is 4.28. The van der Waals surface area contributed by atoms with Gasteiger partial charge in [-0.3, -0.25) is 9.59 Å². The maximum Gasteiger partial charge on any atom is 0.253 e. The Kier molecular flexibility index (Phi) is 5.53. The molecule has 3 nitrogen and oxygen atoms in total. The van der Waals surface area contributed by atoms with Gasteiger partial charge in [0.1, 0.15) is 5.82 Å². The molecule has 1 aliphatic rings. The number of amides is 1. The van der Waals surface area contributed by atoms with Gasteiger partial charge in [-0.25, -0.2) is 4.39 Å². The third kappa shape index (κ3) is 4.10. The number of rotatable bonds is 4. The van der Waals surface area contributed by atoms with E-state index in [4.69, 9.17) is 0 Å². The average Bonchev–Trinajstić information content (AvgIpc) is 2.67. The van der Waals surface area contributed by atoms with Gasteiger partial charge in [-0.2, -0.15) is 0 Å². The molecule has 0 spiro atoms. The van der Waals surface area contributed by atoms with Gasteiger partial charge >= 0.3 is 0 Å². The number of hydrogen-bond acceptors (Lipinski definition) is 3. The minimum absolute atomic E-state index is 0.0441. The van der Waals surface area contributed by atoms with Crippen LogP contribution in [0.1, 0.15) is 33.6 Å². The molecular weight excluding hydrogens is 337 g/mol. The van der Waals surface area contributed by atoms with Crippen molar-refractivity contribution in [3.63, 3.8) is 0 Å². The van der Waals surface area contributed by atoms with E-state index in [0.29, 0.717) is 31.5 Å². The second-order valence-corrected chi connectivity index (χ2v) is 7.05. The number of benzene rings is 2. The van der Waals surface area contributed by atoms with Crippen molar-refractivity contribution in [1.29, 1.82) is 0 Å². The maximum atomic E-state index is 13.0. The standard InChI is InChI=1S/C20H20FNO2S/c1-25-18-8-4-14(5-9-18)19(23)15-10-12-22(13-11-15)20(24)16-2-6-17(21)7-3-16/h2-9,15H,10-13H2,1H3. The molecule has 25 heavy (non-hydrogen) atoms. The molecule has 130 valence electrons. The highest BCUT2D eigenvalue weighted by Crippen LogP contribution is 2.24. The minimum Gasteiger partial charge on any atom is -0.339 e. The van der Waals surface area contributed by atoms with Gasteiger partial charge in [0, 0.05) is 35.0 Å². The third-order valence-electron chi connectivity index (χ3n) is 4.62. The molecule has 1 amide bonds. The number of carbonyl (C=O) groups is 2. The maximum absolute atomic E-state index is 13.0. The third-order valence-corrected chi connectivity index (χ3v) is 5.36. The van der Waals surface area contributed by atoms with Gasteiger partial charge in [0.15, 0.2) is 5.78 Å². The molecule has 0 unspecified atom stereocenters. The molecule has 0 radical (unpaired) electrons. The Morgan fingerprint density at radius 2 is 1.52 bits per heavy atom. The number of piperidine rings is 1. The van der Waals surface area contributed by atoms with E-state index >= 15 is 0 Å². The summed E-state index contributed by atoms with van der Waals surface area (Å²) < 4.78 is 13.0. The van der Waals surface area contributed by atoms with Crippen LogP contribution in [-0.2, 0) is 0 Å². The van der Waals surface area contributed by atoms with Crippen molar-refractivity contribution in [2.75, 3.05) is 19.3 Å². The van der Waals surface area contributed by atoms with Gasteiger partial charge in [-0.15, -0.1) is 11.8 Å². The van der Waals surface area contributed by atoms with Crippen LogP contribution in [0.15, 0.2) is 53.4 Å². The normalized spacial score (nSPS) is 15.2. The van der Waals surface area contributed by atoms with Crippen molar-refractivity contribution in [2.45, 2.75) is 17.7 Å². The number of ketones is 1. The highest BCUT2D eigenvalue weighted by Gasteiger charge is 2.28. The van der Waals surface area contributed by atoms with Gasteiger partial charge in [0.05, 0.1) is 0 Å². The second kappa shape index (κ2) is 7.83. The Bertz CT molecular complexity index is 750. The summed E-state index contributed by atoms with van der Waals surface area (Å²) in [4.78, 5) is 28.0. The summed E-state index contributed by atoms with van der Waals surface area (Å²) in [7, 11) is 0. The number of halogens is 1. The van der Waals surface area contributed by atoms with Gasteiger partial charge in [0.25, 0.3) is 5.91 Å². The van der Waals surface area contributed by atoms with Crippen molar-refractivity contribution in [3.05, 3.63) is 65.5 Å². The summed E-state index contributed by atoms with van der Waals surface area (Å²) in [6, 6.07) is 13.3. The van der Waals surface area contributed by atoms with E-state index in [1.54, 1.807) is 16.7 Å². The number of hydrogen-bond donors (Lipinski definition) is 0. The monoisotopic (exact) mass is 357 g/mol. The average molecular weight is 357 g/mol. The van der Waals surface area contributed by atoms with E-state index in [1.165, 1.54) is 24.3 Å². The Morgan fingerprint density at radius 1 is 0.960 bits per heavy atom. The molecule has 1 fully saturated rings. The lowest BCUT2D eigenvalue weighted by Gasteiger charge is -2.31. The van der Waals surface area contributed by atoms with Gasteiger partial charge < -0.3 is 4.90 Å². The largest absolute Gasteiger partial charge is 0.339 e. The molecule has 2 aromatic rings. The Balaban J connectivity index is 1.60. The van der Waals surface area contributed by atoms with E-state index in [0.717, 1.165) is 10.5 Å². The topological polar surface area (TPSA) is 37.4 Å². The Labute approximate surface area is 151 Å². The number of likely N-dealkylation sites (tertiary alicyclic amines) is 1. The van der Waals surface area contributed by atoms with Crippen molar-refractivity contribution < 1.29 is 14.0 Å². The molecule has 0 aliphatic carbocycles. The van der Waals surface area contributed by atoms with E-state index in [-0.39, 0.29) is 23.4 Å². The quantitative estimate of drug-likeness (QED) is 0.605. The molecule has 0 saturated carbocycles. The van der Waals surface area contributed by atoms with Crippen LogP contribution in [0.3, 0.4) is 0 Å². The lowest BCUT2D eigenvalue weighted by molar-refractivity contribution is 0.0650. The fourth-order valence-electron chi connectivity index (χ4n) is 3.11. The zero-order valence-corrected chi connectivity index (χ0v) is 14.9. The fourth-order valence-corrected chi connectivity index (χ4v) is 3.52. The summed E-state index contributed by atoms with van der Waals surface area (Å²) in [5, 5.41) is 0. The fraction of sp³-hybridized carbons (Fsp3) is 0.300. The zero-order valence-electron chi connectivity index (χ0n) is 14.1. The van der Waals surface area contributed by atoms with Crippen LogP contribution in [0.2, 0.25) is 0 Å². The number of thioether (sulfide) groups is 1. The van der Waals surface area contributed by atoms with Crippen molar-refractivity contribution in [3.8, 4) is 0 Å². The first-order chi connectivity index (χ1) is 12.1. The van der Waals surface area contributed by atoms with E-state index in [1.807, 2.05) is 30.5 Å². The summed E-state index contributed by atoms with van der Waals surface area (Å²) in [6.07, 6.45) is 3.33. The van der Waals surface area contributed by atoms with Crippen LogP contribution in [0.25, 0.3) is 0 Å². The molecule has 0 bridgehead atoms. The Hall–Kier alpha value is -2.14. The highest BCUT2D eigenvalue weighted by molar-refractivity contribution is 7.98. The minimum atomic E-state index is -0.353. The second-order valence-electron chi connectivity index (χ2n) is 6.17. The van der Waals surface area contributed by atoms with Crippen LogP contribution in [0.4, 0.5) is 4.39 Å². The first-order valence-corrected chi connectivity index (χ1v) is 9.54. The molecular formula is C20H20FNO2S. The molecule has 0 atom stereocenters. The van der Waals surface area contributed by atoms with Crippen molar-refractivity contribution in [2.24, 2.45) is 5.92 Å². The van der Waals surface area contributed by atoms with Crippen LogP contribution < -0.4 is 0 Å². The molecule has 2 aromatic carbocycles. The molecule has 0 N–H and O–H groups in total. The van der Waals surface area contributed by atoms with Crippen LogP contribution in [0.5, 0.6) is 0 Å². The van der Waals surface area contributed by atoms with Crippen molar-refractivity contribution in [1.82, 2.24) is 4.90 Å². The van der Waals surface area contributed by atoms with Crippen LogP contribution >= 0.6 is 11.8 Å². The molecule has 1 heterocycles. The lowest BCUT2D eigenvalue weighted by atomic mass is 9.88. The van der Waals surface area contributed by atoms with Gasteiger partial charge in [-0.05, 0) is 55.5 Å². The molecule has 1 saturated heterocycles. The SMILES string of the molecule is CSc1ccc(C(=O)C2CCN(C(=O)c3ccc(F)cc3)CC2)cc1. The molecule has 0 aromatic heterocycles. The van der Waals surface area contributed by atoms with Crippen molar-refractivity contribution >= 4 is 23.5 Å². The van der Waals surface area contributed by atoms with E-state index in [2.05, 4.69) is 0 Å². The Morgan fingerprint density at radius 3 is 2.08 bits per heavy atom. The number of nitrogens with zero attached hydrogens (tertiary/aromatic N) is 1. The molecule has 3 rings (SSSR count).